The zero-order valence-electron chi connectivity index (χ0n) is 69.4. The molecule has 5 aromatic heterocycles. The topological polar surface area (TPSA) is 541 Å². The van der Waals surface area contributed by atoms with Crippen molar-refractivity contribution in [3.05, 3.63) is 118 Å². The first kappa shape index (κ1) is 91.5. The van der Waals surface area contributed by atoms with Crippen LogP contribution in [0.15, 0.2) is 79.1 Å². The monoisotopic (exact) mass is 1760 g/mol. The quantitative estimate of drug-likeness (QED) is 0.0160. The van der Waals surface area contributed by atoms with E-state index in [0.717, 1.165) is 100 Å². The number of imide groups is 1. The maximum atomic E-state index is 14.5. The number of urea groups is 1. The Kier molecular flexibility index (Phi) is 30.7. The van der Waals surface area contributed by atoms with Gasteiger partial charge in [0.1, 0.15) is 36.8 Å². The minimum Gasteiger partial charge on any atom is -0.481 e. The van der Waals surface area contributed by atoms with Crippen molar-refractivity contribution in [3.8, 4) is 11.1 Å². The number of methoxy groups -OCH3 is 1. The fraction of sp³-hybridized carbons (Fsp3) is 0.519. The number of aliphatic hydroxyl groups excluding tert-OH is 1. The molecule has 5 atom stereocenters. The molecule has 124 heavy (non-hydrogen) atoms. The summed E-state index contributed by atoms with van der Waals surface area (Å²) in [5, 5.41) is 67.9. The molecule has 43 heteroatoms. The van der Waals surface area contributed by atoms with Crippen molar-refractivity contribution in [2.24, 2.45) is 28.9 Å². The van der Waals surface area contributed by atoms with Gasteiger partial charge < -0.3 is 85.9 Å². The first-order chi connectivity index (χ1) is 59.5. The molecule has 666 valence electrons. The van der Waals surface area contributed by atoms with Crippen molar-refractivity contribution in [1.82, 2.24) is 80.1 Å². The normalized spacial score (nSPS) is 18.4. The number of nitrogens with two attached hydrogens (primary N) is 1. The number of primary amides is 1. The number of thiazole rings is 1. The Labute approximate surface area is 717 Å². The summed E-state index contributed by atoms with van der Waals surface area (Å²) in [6.45, 7) is 6.62. The van der Waals surface area contributed by atoms with Gasteiger partial charge in [-0.05, 0) is 155 Å². The number of benzene rings is 2. The van der Waals surface area contributed by atoms with Gasteiger partial charge in [0.05, 0.1) is 86.9 Å². The average Bonchev–Trinajstić information content (AvgIpc) is 1.08. The largest absolute Gasteiger partial charge is 0.481 e. The molecule has 0 radical (unpaired) electrons. The van der Waals surface area contributed by atoms with Gasteiger partial charge in [-0.15, -0.1) is 15.3 Å². The lowest BCUT2D eigenvalue weighted by Crippen LogP contribution is -2.58. The molecular weight excluding hydrogens is 1650 g/mol. The number of hydrogen-bond donors (Lipinski definition) is 11. The lowest BCUT2D eigenvalue weighted by atomic mass is 9.48. The highest BCUT2D eigenvalue weighted by atomic mass is 32.2. The molecular formula is C81H104N20O21S2. The third kappa shape index (κ3) is 23.8. The smallest absolute Gasteiger partial charge is 0.421 e. The number of rotatable bonds is 46. The highest BCUT2D eigenvalue weighted by Crippen LogP contribution is 2.63. The number of nitrogens with one attached hydrogen (secondary N) is 7. The Morgan fingerprint density at radius 1 is 0.823 bits per heavy atom. The first-order valence-corrected chi connectivity index (χ1v) is 43.3. The number of aliphatic carboxylic acids is 1. The van der Waals surface area contributed by atoms with E-state index < -0.39 is 113 Å². The Balaban J connectivity index is 0.709. The third-order valence-electron chi connectivity index (χ3n) is 22.5. The Morgan fingerprint density at radius 3 is 2.34 bits per heavy atom. The van der Waals surface area contributed by atoms with E-state index in [4.69, 9.17) is 49.2 Å². The number of aromatic carboxylic acids is 1. The van der Waals surface area contributed by atoms with E-state index in [1.165, 1.54) is 35.6 Å². The predicted molar refractivity (Wildman–Crippen MR) is 446 cm³/mol. The number of anilines is 5. The summed E-state index contributed by atoms with van der Waals surface area (Å²) < 4.78 is 67.2. The molecule has 0 saturated heterocycles. The van der Waals surface area contributed by atoms with Gasteiger partial charge >= 0.3 is 40.4 Å². The summed E-state index contributed by atoms with van der Waals surface area (Å²) in [6, 6.07) is 11.7. The number of carbonyl (C=O) groups excluding carboxylic acids is 8. The fourth-order valence-electron chi connectivity index (χ4n) is 17.0. The number of ether oxygens (including phenoxy) is 6. The molecule has 6 aliphatic rings. The van der Waals surface area contributed by atoms with Crippen molar-refractivity contribution < 1.29 is 100 Å². The highest BCUT2D eigenvalue weighted by molar-refractivity contribution is 7.88. The minimum atomic E-state index is -4.37. The van der Waals surface area contributed by atoms with E-state index in [-0.39, 0.29) is 134 Å². The maximum absolute atomic E-state index is 14.5. The first-order valence-electron chi connectivity index (χ1n) is 41.0. The van der Waals surface area contributed by atoms with Crippen molar-refractivity contribution in [1.29, 1.82) is 0 Å². The molecule has 2 aliphatic heterocycles. The summed E-state index contributed by atoms with van der Waals surface area (Å²) in [5.41, 5.74) is 10.2. The second-order valence-electron chi connectivity index (χ2n) is 31.9. The highest BCUT2D eigenvalue weighted by Gasteiger charge is 2.59. The van der Waals surface area contributed by atoms with E-state index in [1.807, 2.05) is 53.8 Å². The van der Waals surface area contributed by atoms with Crippen LogP contribution in [0.3, 0.4) is 0 Å². The number of nitrogens with zero attached hydrogens (tertiary/aromatic N) is 12. The van der Waals surface area contributed by atoms with E-state index in [0.29, 0.717) is 69.8 Å². The van der Waals surface area contributed by atoms with Gasteiger partial charge in [0.2, 0.25) is 17.7 Å². The van der Waals surface area contributed by atoms with E-state index in [9.17, 15) is 71.7 Å². The van der Waals surface area contributed by atoms with Crippen LogP contribution in [0.2, 0.25) is 0 Å². The number of aromatic nitrogens is 9. The zero-order chi connectivity index (χ0) is 88.4. The van der Waals surface area contributed by atoms with Gasteiger partial charge in [-0.2, -0.15) is 18.2 Å². The SMILES string of the molecule is COCCNS(=O)(=O)NC(=O)OC[C@H](CC(=O)O)n1cc(COCc2cc(NC(=O)[C@H](CCCNC(N)=O)NC(=O)[C@@H](NC(=O)CCOCCN3C(=O)C=CC3=O)C(C)C)ccc2COC(=O)N(CCCO)CCOC23CC4CC(CC(Cn5ncc(-c6ccc(N7CCCc8c7nnc(Nc7nc9ccccc9s7)c8C)nc6C(=O)O)c5C)(C4)C2)C3)nn1. The minimum absolute atomic E-state index is 0.0000938. The summed E-state index contributed by atoms with van der Waals surface area (Å²) in [4.78, 5) is 144. The molecule has 13 rings (SSSR count). The summed E-state index contributed by atoms with van der Waals surface area (Å²) in [6.07, 6.45) is 9.49. The van der Waals surface area contributed by atoms with E-state index in [1.54, 1.807) is 43.0 Å². The molecule has 7 heterocycles. The van der Waals surface area contributed by atoms with Crippen LogP contribution in [0.4, 0.5) is 42.7 Å². The molecule has 2 aromatic carbocycles. The van der Waals surface area contributed by atoms with Crippen molar-refractivity contribution in [2.75, 3.05) is 102 Å². The van der Waals surface area contributed by atoms with Crippen LogP contribution in [0.5, 0.6) is 0 Å². The molecule has 4 saturated carbocycles. The molecule has 0 spiro atoms. The van der Waals surface area contributed by atoms with Crippen molar-refractivity contribution in [2.45, 2.75) is 161 Å². The van der Waals surface area contributed by atoms with Gasteiger partial charge in [0.15, 0.2) is 22.5 Å². The summed E-state index contributed by atoms with van der Waals surface area (Å²) in [5.74, 6) is -3.63. The molecule has 4 fully saturated rings. The molecule has 12 N–H and O–H groups in total. The van der Waals surface area contributed by atoms with Crippen LogP contribution in [-0.2, 0) is 100 Å². The molecule has 9 amide bonds. The van der Waals surface area contributed by atoms with Crippen LogP contribution >= 0.6 is 11.3 Å². The fourth-order valence-corrected chi connectivity index (χ4v) is 18.6. The standard InChI is InChI=1S/C81H104N20O21S2/c1-48(2)69(90-65(103)21-29-118-31-27-99-66(104)19-20-67(99)105)74(109)87-62(13-8-22-83-76(82)112)73(108)86-55-16-15-53(54(34-55)42-119-44-56-41-100(96-92-56)57(35-68(106)107)45-120-78(113)95-124(115,116)85-23-30-117-5)43-121-79(114)97(24-10-28-102)26-32-122-81-38-51-33-52(39-81)37-80(36-51,46-81)47-101-50(4)60(40-84-101)59-17-18-64(89-70(59)75(110)111)98-25-9-11-58-49(3)71(93-94-72(58)98)91-77-88-61-12-6-7-14-63(61)123-77/h6-7,12,14-20,34,40-41,48,51-52,57,62,69,85,102H,8-11,13,21-33,35-39,42-47H2,1-5H3,(H,86,108)(H,87,109)(H,90,103)(H,95,113)(H,106,107)(H,110,111)(H3,82,83,112)(H,88,91,93)/t51?,52?,57-,62-,69-,80?,81?/m0/s1. The Morgan fingerprint density at radius 2 is 1.60 bits per heavy atom. The van der Waals surface area contributed by atoms with Crippen molar-refractivity contribution >= 4 is 120 Å². The van der Waals surface area contributed by atoms with Crippen molar-refractivity contribution in [3.63, 3.8) is 0 Å². The lowest BCUT2D eigenvalue weighted by Gasteiger charge is -2.61. The van der Waals surface area contributed by atoms with Crippen LogP contribution in [0, 0.1) is 37.0 Å². The Bertz CT molecular complexity index is 5150. The van der Waals surface area contributed by atoms with Gasteiger partial charge in [-0.1, -0.05) is 48.6 Å². The number of fused-ring (bicyclic) bond motifs is 2. The average molecular weight is 1760 g/mol. The summed E-state index contributed by atoms with van der Waals surface area (Å²) in [7, 11) is -3.02. The zero-order valence-corrected chi connectivity index (χ0v) is 71.1. The van der Waals surface area contributed by atoms with Gasteiger partial charge in [-0.3, -0.25) is 38.3 Å². The third-order valence-corrected chi connectivity index (χ3v) is 24.5. The number of hydrogen-bond acceptors (Lipinski definition) is 29. The number of carbonyl (C=O) groups is 10. The Hall–Kier alpha value is -11.7. The number of carboxylic acids is 2. The van der Waals surface area contributed by atoms with Gasteiger partial charge in [-0.25, -0.2) is 38.6 Å². The van der Waals surface area contributed by atoms with Gasteiger partial charge in [0.25, 0.3) is 11.8 Å². The number of aliphatic hydroxyl groups is 1. The van der Waals surface area contributed by atoms with Crippen LogP contribution < -0.4 is 46.7 Å². The van der Waals surface area contributed by atoms with Crippen LogP contribution in [0.25, 0.3) is 21.3 Å². The number of para-hydroxylation sites is 1. The number of carboxylic acid groups (broad SMARTS) is 2. The summed E-state index contributed by atoms with van der Waals surface area (Å²) >= 11 is 1.52. The van der Waals surface area contributed by atoms with Crippen LogP contribution in [0.1, 0.15) is 141 Å². The molecule has 2 unspecified atom stereocenters. The number of amides is 9. The molecule has 7 aromatic rings. The van der Waals surface area contributed by atoms with E-state index >= 15 is 0 Å². The van der Waals surface area contributed by atoms with E-state index in [2.05, 4.69) is 51.8 Å². The van der Waals surface area contributed by atoms with Gasteiger partial charge in [0, 0.05) is 105 Å². The lowest BCUT2D eigenvalue weighted by molar-refractivity contribution is -0.197. The number of pyridine rings is 1. The van der Waals surface area contributed by atoms with Crippen LogP contribution in [-0.4, -0.2) is 242 Å². The molecule has 41 nitrogen and oxygen atoms in total. The molecule has 4 bridgehead atoms. The maximum Gasteiger partial charge on any atom is 0.421 e. The molecule has 4 aliphatic carbocycles. The second-order valence-corrected chi connectivity index (χ2v) is 34.5. The predicted octanol–water partition coefficient (Wildman–Crippen LogP) is 5.74. The second kappa shape index (κ2) is 41.6.